The summed E-state index contributed by atoms with van der Waals surface area (Å²) in [7, 11) is 0. The number of carbonyl (C=O) groups is 2. The molecule has 0 spiro atoms. The number of piperazine rings is 1. The lowest BCUT2D eigenvalue weighted by atomic mass is 9.89. The number of carbonyl (C=O) groups excluding carboxylic acids is 2. The van der Waals surface area contributed by atoms with Crippen LogP contribution in [-0.4, -0.2) is 76.8 Å². The number of aryl methyl sites for hydroxylation is 1. The van der Waals surface area contributed by atoms with Gasteiger partial charge in [-0.1, -0.05) is 12.8 Å². The van der Waals surface area contributed by atoms with Gasteiger partial charge in [-0.05, 0) is 57.6 Å². The van der Waals surface area contributed by atoms with Gasteiger partial charge in [0, 0.05) is 62.8 Å². The summed E-state index contributed by atoms with van der Waals surface area (Å²) in [6.07, 6.45) is 9.29. The van der Waals surface area contributed by atoms with Crippen LogP contribution in [0.1, 0.15) is 79.0 Å². The Bertz CT molecular complexity index is 815. The summed E-state index contributed by atoms with van der Waals surface area (Å²) in [5.74, 6) is 1.03. The summed E-state index contributed by atoms with van der Waals surface area (Å²) in [5.41, 5.74) is 2.71. The molecule has 2 aliphatic carbocycles. The molecule has 0 aromatic carbocycles. The average molecular weight is 425 g/mol. The fourth-order valence-corrected chi connectivity index (χ4v) is 5.76. The van der Waals surface area contributed by atoms with Crippen LogP contribution in [0.15, 0.2) is 12.1 Å². The Morgan fingerprint density at radius 3 is 2.16 bits per heavy atom. The zero-order valence-electron chi connectivity index (χ0n) is 18.9. The Hall–Kier alpha value is -1.95. The van der Waals surface area contributed by atoms with Gasteiger partial charge in [-0.2, -0.15) is 0 Å². The highest BCUT2D eigenvalue weighted by atomic mass is 16.2. The number of nitrogens with zero attached hydrogens (tertiary/aromatic N) is 4. The second-order valence-corrected chi connectivity index (χ2v) is 10.0. The fraction of sp³-hybridized carbons (Fsp3) is 0.720. The van der Waals surface area contributed by atoms with Gasteiger partial charge in [0.05, 0.1) is 11.3 Å². The highest BCUT2D eigenvalue weighted by Crippen LogP contribution is 2.35. The highest BCUT2D eigenvalue weighted by Gasteiger charge is 2.36. The summed E-state index contributed by atoms with van der Waals surface area (Å²) in [4.78, 5) is 37.4. The Balaban J connectivity index is 1.24. The molecule has 3 heterocycles. The quantitative estimate of drug-likeness (QED) is 0.745. The maximum Gasteiger partial charge on any atom is 0.255 e. The zero-order chi connectivity index (χ0) is 21.4. The van der Waals surface area contributed by atoms with Crippen LogP contribution < -0.4 is 0 Å². The van der Waals surface area contributed by atoms with Crippen molar-refractivity contribution in [1.82, 2.24) is 19.7 Å². The minimum absolute atomic E-state index is 0.144. The lowest BCUT2D eigenvalue weighted by Gasteiger charge is -2.38. The third-order valence-corrected chi connectivity index (χ3v) is 7.86. The molecule has 2 saturated heterocycles. The first kappa shape index (κ1) is 20.9. The molecule has 0 radical (unpaired) electrons. The van der Waals surface area contributed by atoms with Crippen LogP contribution in [0, 0.1) is 12.8 Å². The van der Waals surface area contributed by atoms with Crippen molar-refractivity contribution >= 4 is 11.8 Å². The minimum atomic E-state index is 0.144. The van der Waals surface area contributed by atoms with Crippen LogP contribution >= 0.6 is 0 Å². The molecule has 1 aromatic heterocycles. The number of pyridine rings is 1. The molecule has 0 bridgehead atoms. The predicted molar refractivity (Wildman–Crippen MR) is 120 cm³/mol. The molecule has 0 atom stereocenters. The highest BCUT2D eigenvalue weighted by molar-refractivity contribution is 5.95. The van der Waals surface area contributed by atoms with E-state index >= 15 is 0 Å². The van der Waals surface area contributed by atoms with Crippen LogP contribution in [0.4, 0.5) is 0 Å². The third-order valence-electron chi connectivity index (χ3n) is 7.86. The first-order valence-corrected chi connectivity index (χ1v) is 12.4. The molecule has 31 heavy (non-hydrogen) atoms. The van der Waals surface area contributed by atoms with E-state index in [1.54, 1.807) is 0 Å². The van der Waals surface area contributed by atoms with Gasteiger partial charge in [0.25, 0.3) is 5.91 Å². The van der Waals surface area contributed by atoms with Crippen LogP contribution in [0.25, 0.3) is 0 Å². The lowest BCUT2D eigenvalue weighted by Crippen LogP contribution is -2.51. The zero-order valence-corrected chi connectivity index (χ0v) is 18.9. The van der Waals surface area contributed by atoms with E-state index in [1.165, 1.54) is 25.7 Å². The van der Waals surface area contributed by atoms with Crippen molar-refractivity contribution in [1.29, 1.82) is 0 Å². The van der Waals surface area contributed by atoms with Crippen LogP contribution in [0.2, 0.25) is 0 Å². The first-order valence-electron chi connectivity index (χ1n) is 12.4. The van der Waals surface area contributed by atoms with Gasteiger partial charge in [0.2, 0.25) is 5.91 Å². The molecule has 4 aliphatic rings. The van der Waals surface area contributed by atoms with Crippen LogP contribution in [-0.2, 0) is 4.79 Å². The SMILES string of the molecule is Cc1ccc(C(=O)N2CCN(C3CCCC3)CC2)c(C2CCN(C(=O)C3CC3)CC2)n1. The van der Waals surface area contributed by atoms with E-state index in [1.807, 2.05) is 28.9 Å². The standard InChI is InChI=1S/C25H36N4O2/c1-18-6-9-22(25(31)29-16-14-27(15-17-29)21-4-2-3-5-21)23(26-18)19-10-12-28(13-11-19)24(30)20-7-8-20/h6,9,19-21H,2-5,7-8,10-17H2,1H3. The summed E-state index contributed by atoms with van der Waals surface area (Å²) >= 11 is 0. The van der Waals surface area contributed by atoms with E-state index in [0.717, 1.165) is 87.9 Å². The maximum absolute atomic E-state index is 13.5. The topological polar surface area (TPSA) is 56.8 Å². The number of likely N-dealkylation sites (tertiary alicyclic amines) is 1. The Morgan fingerprint density at radius 2 is 1.52 bits per heavy atom. The van der Waals surface area contributed by atoms with E-state index in [0.29, 0.717) is 5.91 Å². The van der Waals surface area contributed by atoms with Crippen molar-refractivity contribution in [3.63, 3.8) is 0 Å². The molecular formula is C25H36N4O2. The van der Waals surface area contributed by atoms with Crippen molar-refractivity contribution in [2.45, 2.75) is 70.3 Å². The van der Waals surface area contributed by atoms with E-state index in [9.17, 15) is 9.59 Å². The molecule has 4 fully saturated rings. The molecule has 5 rings (SSSR count). The number of piperidine rings is 1. The van der Waals surface area contributed by atoms with Crippen molar-refractivity contribution < 1.29 is 9.59 Å². The first-order chi connectivity index (χ1) is 15.1. The van der Waals surface area contributed by atoms with Gasteiger partial charge in [0.1, 0.15) is 0 Å². The molecule has 0 unspecified atom stereocenters. The van der Waals surface area contributed by atoms with Crippen molar-refractivity contribution in [3.8, 4) is 0 Å². The maximum atomic E-state index is 13.5. The minimum Gasteiger partial charge on any atom is -0.342 e. The van der Waals surface area contributed by atoms with Crippen LogP contribution in [0.3, 0.4) is 0 Å². The Kier molecular flexibility index (Phi) is 6.00. The summed E-state index contributed by atoms with van der Waals surface area (Å²) in [6, 6.07) is 4.69. The molecule has 6 nitrogen and oxygen atoms in total. The monoisotopic (exact) mass is 424 g/mol. The lowest BCUT2D eigenvalue weighted by molar-refractivity contribution is -0.133. The van der Waals surface area contributed by atoms with E-state index in [2.05, 4.69) is 4.90 Å². The van der Waals surface area contributed by atoms with E-state index in [4.69, 9.17) is 4.98 Å². The number of hydrogen-bond donors (Lipinski definition) is 0. The molecule has 2 saturated carbocycles. The molecule has 6 heteroatoms. The molecule has 0 N–H and O–H groups in total. The van der Waals surface area contributed by atoms with Gasteiger partial charge in [-0.3, -0.25) is 19.5 Å². The van der Waals surface area contributed by atoms with E-state index in [-0.39, 0.29) is 17.7 Å². The van der Waals surface area contributed by atoms with Gasteiger partial charge >= 0.3 is 0 Å². The number of hydrogen-bond acceptors (Lipinski definition) is 4. The van der Waals surface area contributed by atoms with Crippen molar-refractivity contribution in [3.05, 3.63) is 29.1 Å². The number of amides is 2. The van der Waals surface area contributed by atoms with Crippen molar-refractivity contribution in [2.24, 2.45) is 5.92 Å². The molecule has 2 aliphatic heterocycles. The van der Waals surface area contributed by atoms with Gasteiger partial charge in [0.15, 0.2) is 0 Å². The number of rotatable bonds is 4. The second-order valence-electron chi connectivity index (χ2n) is 10.0. The van der Waals surface area contributed by atoms with Gasteiger partial charge in [-0.25, -0.2) is 0 Å². The summed E-state index contributed by atoms with van der Waals surface area (Å²) in [5, 5.41) is 0. The van der Waals surface area contributed by atoms with Crippen LogP contribution in [0.5, 0.6) is 0 Å². The predicted octanol–water partition coefficient (Wildman–Crippen LogP) is 3.21. The Labute approximate surface area is 186 Å². The van der Waals surface area contributed by atoms with Crippen molar-refractivity contribution in [2.75, 3.05) is 39.3 Å². The summed E-state index contributed by atoms with van der Waals surface area (Å²) < 4.78 is 0. The summed E-state index contributed by atoms with van der Waals surface area (Å²) in [6.45, 7) is 7.21. The average Bonchev–Trinajstić information content (AvgIpc) is 3.52. The molecular weight excluding hydrogens is 388 g/mol. The largest absolute Gasteiger partial charge is 0.342 e. The normalized spacial score (nSPS) is 24.0. The van der Waals surface area contributed by atoms with Gasteiger partial charge < -0.3 is 9.80 Å². The molecule has 168 valence electrons. The van der Waals surface area contributed by atoms with Gasteiger partial charge in [-0.15, -0.1) is 0 Å². The second kappa shape index (κ2) is 8.89. The smallest absolute Gasteiger partial charge is 0.255 e. The fourth-order valence-electron chi connectivity index (χ4n) is 5.76. The van der Waals surface area contributed by atoms with E-state index < -0.39 is 0 Å². The molecule has 2 amide bonds. The number of aromatic nitrogens is 1. The third kappa shape index (κ3) is 4.50. The molecule has 1 aromatic rings. The Morgan fingerprint density at radius 1 is 0.839 bits per heavy atom.